The van der Waals surface area contributed by atoms with Gasteiger partial charge in [-0.2, -0.15) is 0 Å². The second-order valence-corrected chi connectivity index (χ2v) is 9.07. The van der Waals surface area contributed by atoms with Crippen LogP contribution < -0.4 is 10.6 Å². The highest BCUT2D eigenvalue weighted by atomic mass is 32.1. The van der Waals surface area contributed by atoms with Crippen molar-refractivity contribution in [3.63, 3.8) is 0 Å². The summed E-state index contributed by atoms with van der Waals surface area (Å²) in [7, 11) is 0. The maximum absolute atomic E-state index is 13.9. The summed E-state index contributed by atoms with van der Waals surface area (Å²) in [6.45, 7) is 1.04. The molecule has 0 radical (unpaired) electrons. The van der Waals surface area contributed by atoms with E-state index in [1.54, 1.807) is 12.3 Å². The zero-order valence-electron chi connectivity index (χ0n) is 18.1. The van der Waals surface area contributed by atoms with Crippen molar-refractivity contribution in [3.05, 3.63) is 53.9 Å². The lowest BCUT2D eigenvalue weighted by Gasteiger charge is -2.20. The van der Waals surface area contributed by atoms with Gasteiger partial charge >= 0.3 is 0 Å². The molecule has 1 aliphatic carbocycles. The normalized spacial score (nSPS) is 14.5. The molecule has 1 fully saturated rings. The topological polar surface area (TPSA) is 84.2 Å². The Kier molecular flexibility index (Phi) is 6.30. The van der Waals surface area contributed by atoms with Crippen molar-refractivity contribution < 1.29 is 9.18 Å². The van der Waals surface area contributed by atoms with Gasteiger partial charge in [-0.1, -0.05) is 31.4 Å². The molecule has 0 aliphatic heterocycles. The molecule has 0 unspecified atom stereocenters. The number of amides is 1. The third-order valence-corrected chi connectivity index (χ3v) is 6.70. The Bertz CT molecular complexity index is 1260. The van der Waals surface area contributed by atoms with Gasteiger partial charge in [-0.3, -0.25) is 9.20 Å². The molecule has 5 rings (SSSR count). The van der Waals surface area contributed by atoms with Crippen LogP contribution in [-0.2, 0) is 4.79 Å². The number of nitrogens with zero attached hydrogens (tertiary/aromatic N) is 4. The van der Waals surface area contributed by atoms with Crippen LogP contribution in [0.5, 0.6) is 0 Å². The number of carbonyl (C=O) groups is 1. The van der Waals surface area contributed by atoms with Gasteiger partial charge in [0.25, 0.3) is 0 Å². The Labute approximate surface area is 195 Å². The van der Waals surface area contributed by atoms with Crippen molar-refractivity contribution in [3.8, 4) is 22.6 Å². The molecule has 9 heteroatoms. The minimum Gasteiger partial charge on any atom is -0.354 e. The first kappa shape index (κ1) is 21.5. The van der Waals surface area contributed by atoms with Gasteiger partial charge in [0.15, 0.2) is 4.96 Å². The highest BCUT2D eigenvalue weighted by Crippen LogP contribution is 2.33. The lowest BCUT2D eigenvalue weighted by Crippen LogP contribution is -2.35. The molecule has 0 saturated heterocycles. The monoisotopic (exact) mass is 464 g/mol. The Morgan fingerprint density at radius 2 is 2.03 bits per heavy atom. The highest BCUT2D eigenvalue weighted by Gasteiger charge is 2.21. The van der Waals surface area contributed by atoms with Gasteiger partial charge in [0, 0.05) is 42.3 Å². The molecular weight excluding hydrogens is 439 g/mol. The number of hydrogen-bond donors (Lipinski definition) is 2. The maximum Gasteiger partial charge on any atom is 0.223 e. The van der Waals surface area contributed by atoms with Gasteiger partial charge in [0.05, 0.1) is 11.4 Å². The first-order chi connectivity index (χ1) is 16.2. The second-order valence-electron chi connectivity index (χ2n) is 8.19. The van der Waals surface area contributed by atoms with E-state index in [2.05, 4.69) is 20.6 Å². The number of thiazole rings is 1. The van der Waals surface area contributed by atoms with Gasteiger partial charge in [-0.15, -0.1) is 11.3 Å². The Hall–Kier alpha value is -3.33. The van der Waals surface area contributed by atoms with Gasteiger partial charge in [0.1, 0.15) is 11.5 Å². The molecule has 1 saturated carbocycles. The van der Waals surface area contributed by atoms with Crippen LogP contribution in [0.25, 0.3) is 27.6 Å². The molecule has 4 aromatic rings. The minimum absolute atomic E-state index is 0.144. The van der Waals surface area contributed by atoms with Crippen molar-refractivity contribution >= 4 is 28.2 Å². The third kappa shape index (κ3) is 4.73. The van der Waals surface area contributed by atoms with Crippen molar-refractivity contribution in [2.75, 3.05) is 18.4 Å². The van der Waals surface area contributed by atoms with Gasteiger partial charge in [-0.05, 0) is 31.0 Å². The van der Waals surface area contributed by atoms with E-state index >= 15 is 0 Å². The largest absolute Gasteiger partial charge is 0.354 e. The van der Waals surface area contributed by atoms with E-state index in [1.165, 1.54) is 29.9 Å². The lowest BCUT2D eigenvalue weighted by atomic mass is 9.89. The fourth-order valence-corrected chi connectivity index (χ4v) is 5.03. The predicted octanol–water partition coefficient (Wildman–Crippen LogP) is 4.77. The van der Waals surface area contributed by atoms with E-state index in [9.17, 15) is 9.18 Å². The number of carbonyl (C=O) groups excluding carboxylic acids is 1. The average Bonchev–Trinajstić information content (AvgIpc) is 3.44. The Morgan fingerprint density at radius 1 is 1.15 bits per heavy atom. The molecule has 3 aromatic heterocycles. The molecule has 2 N–H and O–H groups in total. The van der Waals surface area contributed by atoms with Crippen LogP contribution in [0.3, 0.4) is 0 Å². The van der Waals surface area contributed by atoms with Gasteiger partial charge < -0.3 is 10.6 Å². The van der Waals surface area contributed by atoms with E-state index in [0.717, 1.165) is 36.3 Å². The Morgan fingerprint density at radius 3 is 2.88 bits per heavy atom. The van der Waals surface area contributed by atoms with Crippen LogP contribution in [0, 0.1) is 11.7 Å². The van der Waals surface area contributed by atoms with Crippen LogP contribution in [-0.4, -0.2) is 38.3 Å². The first-order valence-electron chi connectivity index (χ1n) is 11.3. The number of aromatic nitrogens is 4. The summed E-state index contributed by atoms with van der Waals surface area (Å²) in [6, 6.07) is 8.23. The number of fused-ring (bicyclic) bond motifs is 1. The number of benzene rings is 1. The molecular formula is C24H25FN6OS. The van der Waals surface area contributed by atoms with Gasteiger partial charge in [-0.25, -0.2) is 19.3 Å². The van der Waals surface area contributed by atoms with Crippen LogP contribution in [0.4, 0.5) is 10.3 Å². The number of imidazole rings is 1. The van der Waals surface area contributed by atoms with E-state index in [0.29, 0.717) is 36.0 Å². The summed E-state index contributed by atoms with van der Waals surface area (Å²) in [5.74, 6) is 0.449. The smallest absolute Gasteiger partial charge is 0.223 e. The van der Waals surface area contributed by atoms with Crippen LogP contribution >= 0.6 is 11.3 Å². The van der Waals surface area contributed by atoms with Gasteiger partial charge in [0.2, 0.25) is 11.9 Å². The molecule has 0 spiro atoms. The van der Waals surface area contributed by atoms with E-state index in [1.807, 2.05) is 28.1 Å². The SMILES string of the molecule is O=C(NCCNc1nccc(-c2c(-c3cccc(F)c3)nc3sccn23)n1)C1CCCCC1. The van der Waals surface area contributed by atoms with E-state index in [-0.39, 0.29) is 17.6 Å². The number of hydrogen-bond acceptors (Lipinski definition) is 6. The molecule has 7 nitrogen and oxygen atoms in total. The summed E-state index contributed by atoms with van der Waals surface area (Å²) >= 11 is 1.51. The maximum atomic E-state index is 13.9. The fourth-order valence-electron chi connectivity index (χ4n) is 4.31. The third-order valence-electron chi connectivity index (χ3n) is 5.94. The summed E-state index contributed by atoms with van der Waals surface area (Å²) in [5, 5.41) is 8.16. The molecule has 0 atom stereocenters. The fraction of sp³-hybridized carbons (Fsp3) is 0.333. The molecule has 1 aliphatic rings. The molecule has 33 heavy (non-hydrogen) atoms. The van der Waals surface area contributed by atoms with Crippen molar-refractivity contribution in [1.29, 1.82) is 0 Å². The first-order valence-corrected chi connectivity index (χ1v) is 12.1. The number of nitrogens with one attached hydrogen (secondary N) is 2. The average molecular weight is 465 g/mol. The van der Waals surface area contributed by atoms with E-state index < -0.39 is 0 Å². The zero-order valence-corrected chi connectivity index (χ0v) is 18.9. The van der Waals surface area contributed by atoms with Crippen molar-refractivity contribution in [2.24, 2.45) is 5.92 Å². The van der Waals surface area contributed by atoms with Crippen LogP contribution in [0.1, 0.15) is 32.1 Å². The molecule has 1 aromatic carbocycles. The second kappa shape index (κ2) is 9.66. The summed E-state index contributed by atoms with van der Waals surface area (Å²) in [5.41, 5.74) is 2.84. The van der Waals surface area contributed by atoms with E-state index in [4.69, 9.17) is 4.98 Å². The van der Waals surface area contributed by atoms with Crippen molar-refractivity contribution in [2.45, 2.75) is 32.1 Å². The zero-order chi connectivity index (χ0) is 22.6. The molecule has 3 heterocycles. The number of rotatable bonds is 7. The minimum atomic E-state index is -0.310. The van der Waals surface area contributed by atoms with Crippen LogP contribution in [0.15, 0.2) is 48.1 Å². The molecule has 1 amide bonds. The standard InChI is InChI=1S/C24H25FN6OS/c25-18-8-4-7-17(15-18)20-21(31-13-14-33-24(31)30-20)19-9-10-27-23(29-19)28-12-11-26-22(32)16-5-2-1-3-6-16/h4,7-10,13-16H,1-3,5-6,11-12H2,(H,26,32)(H,27,28,29). The number of anilines is 1. The summed E-state index contributed by atoms with van der Waals surface area (Å²) in [6.07, 6.45) is 9.10. The Balaban J connectivity index is 1.32. The summed E-state index contributed by atoms with van der Waals surface area (Å²) in [4.78, 5) is 26.8. The van der Waals surface area contributed by atoms with Crippen LogP contribution in [0.2, 0.25) is 0 Å². The number of halogens is 1. The molecule has 170 valence electrons. The predicted molar refractivity (Wildman–Crippen MR) is 128 cm³/mol. The molecule has 0 bridgehead atoms. The van der Waals surface area contributed by atoms with Crippen molar-refractivity contribution in [1.82, 2.24) is 24.7 Å². The lowest BCUT2D eigenvalue weighted by molar-refractivity contribution is -0.125. The quantitative estimate of drug-likeness (QED) is 0.385. The highest BCUT2D eigenvalue weighted by molar-refractivity contribution is 7.15. The summed E-state index contributed by atoms with van der Waals surface area (Å²) < 4.78 is 15.8.